The number of hydrogen-bond donors (Lipinski definition) is 6. The number of esters is 1. The van der Waals surface area contributed by atoms with Crippen molar-refractivity contribution in [1.82, 2.24) is 0 Å². The van der Waals surface area contributed by atoms with Gasteiger partial charge in [0.2, 0.25) is 11.9 Å². The molecule has 25 heavy (non-hydrogen) atoms. The Bertz CT molecular complexity index is 781. The molecular weight excluding hydrogens is 344 g/mol. The predicted octanol–water partition coefficient (Wildman–Crippen LogP) is -0.314. The summed E-state index contributed by atoms with van der Waals surface area (Å²) in [7, 11) is 0. The highest BCUT2D eigenvalue weighted by molar-refractivity contribution is 5.98. The summed E-state index contributed by atoms with van der Waals surface area (Å²) in [5, 5.41) is 56.5. The number of rotatable bonds is 5. The van der Waals surface area contributed by atoms with E-state index in [4.69, 9.17) is 5.11 Å². The molecule has 1 aliphatic heterocycles. The number of ether oxygens (including phenoxy) is 1. The number of carbonyl (C=O) groups excluding carboxylic acids is 1. The van der Waals surface area contributed by atoms with Gasteiger partial charge in [-0.15, -0.1) is 0 Å². The first-order chi connectivity index (χ1) is 11.6. The third-order valence-corrected chi connectivity index (χ3v) is 3.80. The Morgan fingerprint density at radius 1 is 1.08 bits per heavy atom. The van der Waals surface area contributed by atoms with Crippen LogP contribution in [0.2, 0.25) is 0 Å². The molecule has 11 heteroatoms. The molecular formula is C14H12O11. The van der Waals surface area contributed by atoms with E-state index < -0.39 is 76.6 Å². The molecule has 0 bridgehead atoms. The lowest BCUT2D eigenvalue weighted by Gasteiger charge is -2.34. The lowest BCUT2D eigenvalue weighted by Crippen LogP contribution is -2.44. The maximum absolute atomic E-state index is 11.9. The average molecular weight is 356 g/mol. The van der Waals surface area contributed by atoms with Gasteiger partial charge < -0.3 is 35.4 Å². The molecule has 0 aromatic heterocycles. The van der Waals surface area contributed by atoms with Crippen LogP contribution in [0.15, 0.2) is 6.07 Å². The Hall–Kier alpha value is -3.50. The first kappa shape index (κ1) is 17.8. The average Bonchev–Trinajstić information content (AvgIpc) is 2.50. The summed E-state index contributed by atoms with van der Waals surface area (Å²) in [6, 6.07) is 0.664. The Labute approximate surface area is 138 Å². The summed E-state index contributed by atoms with van der Waals surface area (Å²) >= 11 is 0. The van der Waals surface area contributed by atoms with Gasteiger partial charge in [-0.25, -0.2) is 9.59 Å². The molecule has 0 saturated carbocycles. The van der Waals surface area contributed by atoms with Gasteiger partial charge in [-0.1, -0.05) is 0 Å². The van der Waals surface area contributed by atoms with Crippen molar-refractivity contribution in [3.05, 3.63) is 17.2 Å². The fraction of sp³-hybridized carbons (Fsp3) is 0.286. The van der Waals surface area contributed by atoms with E-state index >= 15 is 0 Å². The number of carboxylic acids is 3. The second-order valence-corrected chi connectivity index (χ2v) is 5.29. The van der Waals surface area contributed by atoms with Gasteiger partial charge in [0.05, 0.1) is 23.8 Å². The molecule has 2 rings (SSSR count). The smallest absolute Gasteiger partial charge is 0.345 e. The normalized spacial score (nSPS) is 20.2. The standard InChI is InChI=1S/C14H12O11/c15-5-1-4-7(10(19)9(5)18)8(3(12(20)21)2-6(16)17)11(13(22)23)25-14(4)24/h1,3,8,11,15,18-19H,2H2,(H,16,17)(H,20,21)(H,22,23)/t3-,8-,11+/m1/s1. The van der Waals surface area contributed by atoms with E-state index in [0.717, 1.165) is 0 Å². The van der Waals surface area contributed by atoms with Crippen molar-refractivity contribution in [3.8, 4) is 17.2 Å². The molecule has 1 aliphatic rings. The second-order valence-electron chi connectivity index (χ2n) is 5.29. The van der Waals surface area contributed by atoms with E-state index in [2.05, 4.69) is 4.74 Å². The zero-order chi connectivity index (χ0) is 19.0. The number of phenolic OH excluding ortho intramolecular Hbond substituents is 3. The molecule has 0 spiro atoms. The van der Waals surface area contributed by atoms with Crippen LogP contribution < -0.4 is 0 Å². The van der Waals surface area contributed by atoms with Crippen LogP contribution in [0.5, 0.6) is 17.2 Å². The van der Waals surface area contributed by atoms with Crippen molar-refractivity contribution in [2.24, 2.45) is 5.92 Å². The highest BCUT2D eigenvalue weighted by atomic mass is 16.6. The Balaban J connectivity index is 2.78. The molecule has 1 aromatic carbocycles. The molecule has 1 aromatic rings. The molecule has 0 saturated heterocycles. The van der Waals surface area contributed by atoms with Crippen molar-refractivity contribution >= 4 is 23.9 Å². The summed E-state index contributed by atoms with van der Waals surface area (Å²) in [5.41, 5.74) is -1.19. The van der Waals surface area contributed by atoms with Crippen molar-refractivity contribution in [2.75, 3.05) is 0 Å². The highest BCUT2D eigenvalue weighted by Crippen LogP contribution is 2.49. The van der Waals surface area contributed by atoms with Crippen LogP contribution in [0.25, 0.3) is 0 Å². The van der Waals surface area contributed by atoms with Gasteiger partial charge >= 0.3 is 23.9 Å². The molecule has 1 heterocycles. The van der Waals surface area contributed by atoms with Crippen molar-refractivity contribution in [2.45, 2.75) is 18.4 Å². The number of fused-ring (bicyclic) bond motifs is 1. The fourth-order valence-corrected chi connectivity index (χ4v) is 2.74. The van der Waals surface area contributed by atoms with Gasteiger partial charge in [-0.2, -0.15) is 0 Å². The number of cyclic esters (lactones) is 1. The minimum atomic E-state index is -2.12. The molecule has 0 radical (unpaired) electrons. The fourth-order valence-electron chi connectivity index (χ4n) is 2.74. The van der Waals surface area contributed by atoms with E-state index in [1.54, 1.807) is 0 Å². The largest absolute Gasteiger partial charge is 0.504 e. The van der Waals surface area contributed by atoms with E-state index in [0.29, 0.717) is 6.07 Å². The SMILES string of the molecule is O=C(O)C[C@@H](C(=O)O)[C@@H]1c2c(cc(O)c(O)c2O)C(=O)O[C@@H]1C(=O)O. The third-order valence-electron chi connectivity index (χ3n) is 3.80. The molecule has 6 N–H and O–H groups in total. The number of aromatic hydroxyl groups is 3. The van der Waals surface area contributed by atoms with E-state index in [1.165, 1.54) is 0 Å². The summed E-state index contributed by atoms with van der Waals surface area (Å²) < 4.78 is 4.65. The number of aliphatic carboxylic acids is 3. The van der Waals surface area contributed by atoms with Gasteiger partial charge in [0.1, 0.15) is 0 Å². The van der Waals surface area contributed by atoms with Gasteiger partial charge in [-0.05, 0) is 6.07 Å². The van der Waals surface area contributed by atoms with Crippen LogP contribution in [0.1, 0.15) is 28.3 Å². The maximum atomic E-state index is 11.9. The number of carbonyl (C=O) groups is 4. The molecule has 11 nitrogen and oxygen atoms in total. The Kier molecular flexibility index (Phi) is 4.42. The zero-order valence-corrected chi connectivity index (χ0v) is 12.2. The number of hydrogen-bond acceptors (Lipinski definition) is 8. The van der Waals surface area contributed by atoms with Gasteiger partial charge in [0.15, 0.2) is 11.5 Å². The van der Waals surface area contributed by atoms with E-state index in [1.807, 2.05) is 0 Å². The molecule has 134 valence electrons. The first-order valence-corrected chi connectivity index (χ1v) is 6.72. The van der Waals surface area contributed by atoms with Crippen molar-refractivity contribution < 1.29 is 54.6 Å². The predicted molar refractivity (Wildman–Crippen MR) is 74.4 cm³/mol. The van der Waals surface area contributed by atoms with Gasteiger partial charge in [-0.3, -0.25) is 9.59 Å². The molecule has 0 aliphatic carbocycles. The van der Waals surface area contributed by atoms with Crippen molar-refractivity contribution in [3.63, 3.8) is 0 Å². The van der Waals surface area contributed by atoms with Crippen LogP contribution in [0.4, 0.5) is 0 Å². The molecule has 0 amide bonds. The Morgan fingerprint density at radius 3 is 2.16 bits per heavy atom. The monoisotopic (exact) mass is 356 g/mol. The minimum absolute atomic E-state index is 0.577. The highest BCUT2D eigenvalue weighted by Gasteiger charge is 2.49. The quantitative estimate of drug-likeness (QED) is 0.298. The summed E-state index contributed by atoms with van der Waals surface area (Å²) in [6.07, 6.45) is -3.16. The summed E-state index contributed by atoms with van der Waals surface area (Å²) in [6.45, 7) is 0. The van der Waals surface area contributed by atoms with Crippen molar-refractivity contribution in [1.29, 1.82) is 0 Å². The molecule has 0 unspecified atom stereocenters. The van der Waals surface area contributed by atoms with E-state index in [-0.39, 0.29) is 0 Å². The topological polar surface area (TPSA) is 199 Å². The Morgan fingerprint density at radius 2 is 1.68 bits per heavy atom. The summed E-state index contributed by atoms with van der Waals surface area (Å²) in [5.74, 6) is -13.2. The minimum Gasteiger partial charge on any atom is -0.504 e. The van der Waals surface area contributed by atoms with Crippen LogP contribution in [0, 0.1) is 5.92 Å². The third kappa shape index (κ3) is 2.98. The van der Waals surface area contributed by atoms with E-state index in [9.17, 15) is 44.7 Å². The molecule has 3 atom stereocenters. The lowest BCUT2D eigenvalue weighted by atomic mass is 9.76. The van der Waals surface area contributed by atoms with Gasteiger partial charge in [0.25, 0.3) is 0 Å². The van der Waals surface area contributed by atoms with Gasteiger partial charge in [0, 0.05) is 5.56 Å². The summed E-state index contributed by atoms with van der Waals surface area (Å²) in [4.78, 5) is 45.7. The number of phenols is 3. The van der Waals surface area contributed by atoms with Crippen LogP contribution in [-0.4, -0.2) is 60.6 Å². The maximum Gasteiger partial charge on any atom is 0.345 e. The van der Waals surface area contributed by atoms with Crippen LogP contribution >= 0.6 is 0 Å². The number of benzene rings is 1. The first-order valence-electron chi connectivity index (χ1n) is 6.72. The number of carboxylic acid groups (broad SMARTS) is 3. The second kappa shape index (κ2) is 6.19. The van der Waals surface area contributed by atoms with Crippen LogP contribution in [-0.2, 0) is 19.1 Å². The lowest BCUT2D eigenvalue weighted by molar-refractivity contribution is -0.156. The zero-order valence-electron chi connectivity index (χ0n) is 12.2. The van der Waals surface area contributed by atoms with Crippen LogP contribution in [0.3, 0.4) is 0 Å². The molecule has 0 fully saturated rings.